The Kier molecular flexibility index (Phi) is 3.83. The van der Waals surface area contributed by atoms with Crippen LogP contribution in [0.25, 0.3) is 0 Å². The number of benzene rings is 1. The highest BCUT2D eigenvalue weighted by Gasteiger charge is 2.25. The summed E-state index contributed by atoms with van der Waals surface area (Å²) in [4.78, 5) is 17.8. The van der Waals surface area contributed by atoms with Crippen molar-refractivity contribution in [2.45, 2.75) is 19.4 Å². The summed E-state index contributed by atoms with van der Waals surface area (Å²) in [6, 6.07) is 5.99. The van der Waals surface area contributed by atoms with Crippen LogP contribution >= 0.6 is 23.2 Å². The molecule has 2 heterocycles. The van der Waals surface area contributed by atoms with Crippen molar-refractivity contribution in [3.63, 3.8) is 0 Å². The maximum Gasteiger partial charge on any atom is 0.227 e. The summed E-state index contributed by atoms with van der Waals surface area (Å²) in [7, 11) is 0. The third-order valence-corrected chi connectivity index (χ3v) is 4.02. The molecule has 0 fully saturated rings. The summed E-state index contributed by atoms with van der Waals surface area (Å²) < 4.78 is 13.3. The van der Waals surface area contributed by atoms with Crippen molar-refractivity contribution in [3.05, 3.63) is 57.6 Å². The number of halogens is 3. The molecule has 1 aromatic heterocycles. The second-order valence-corrected chi connectivity index (χ2v) is 5.65. The van der Waals surface area contributed by atoms with Crippen molar-refractivity contribution in [2.24, 2.45) is 0 Å². The van der Waals surface area contributed by atoms with Crippen LogP contribution in [-0.4, -0.2) is 10.9 Å². The lowest BCUT2D eigenvalue weighted by atomic mass is 10.0. The summed E-state index contributed by atoms with van der Waals surface area (Å²) in [6.07, 6.45) is 2.46. The van der Waals surface area contributed by atoms with E-state index in [1.54, 1.807) is 23.2 Å². The predicted octanol–water partition coefficient (Wildman–Crippen LogP) is 4.01. The minimum Gasteiger partial charge on any atom is -0.308 e. The predicted molar refractivity (Wildman–Crippen MR) is 80.2 cm³/mol. The summed E-state index contributed by atoms with van der Waals surface area (Å²) in [5.41, 5.74) is 2.25. The number of fused-ring (bicyclic) bond motifs is 1. The lowest BCUT2D eigenvalue weighted by Gasteiger charge is -2.29. The Morgan fingerprint density at radius 3 is 2.81 bits per heavy atom. The number of anilines is 1. The van der Waals surface area contributed by atoms with Crippen LogP contribution < -0.4 is 4.90 Å². The second-order valence-electron chi connectivity index (χ2n) is 4.85. The Morgan fingerprint density at radius 2 is 2.05 bits per heavy atom. The molecule has 3 rings (SSSR count). The number of pyridine rings is 1. The molecule has 0 saturated carbocycles. The van der Waals surface area contributed by atoms with E-state index in [2.05, 4.69) is 4.98 Å². The van der Waals surface area contributed by atoms with Crippen molar-refractivity contribution < 1.29 is 9.18 Å². The molecule has 0 atom stereocenters. The van der Waals surface area contributed by atoms with E-state index in [0.717, 1.165) is 11.3 Å². The zero-order chi connectivity index (χ0) is 15.0. The van der Waals surface area contributed by atoms with E-state index in [-0.39, 0.29) is 11.7 Å². The van der Waals surface area contributed by atoms with Crippen molar-refractivity contribution in [1.82, 2.24) is 4.98 Å². The Balaban J connectivity index is 1.96. The fraction of sp³-hybridized carbons (Fsp3) is 0.200. The number of aromatic nitrogens is 1. The normalized spacial score (nSPS) is 14.2. The Hall–Kier alpha value is -1.65. The first-order valence-electron chi connectivity index (χ1n) is 6.43. The van der Waals surface area contributed by atoms with E-state index in [9.17, 15) is 9.18 Å². The molecular weight excluding hydrogens is 314 g/mol. The van der Waals surface area contributed by atoms with Gasteiger partial charge in [-0.05, 0) is 36.2 Å². The van der Waals surface area contributed by atoms with Crippen LogP contribution in [0.5, 0.6) is 0 Å². The molecule has 0 radical (unpaired) electrons. The van der Waals surface area contributed by atoms with Gasteiger partial charge in [-0.25, -0.2) is 9.37 Å². The highest BCUT2D eigenvalue weighted by Crippen LogP contribution is 2.31. The van der Waals surface area contributed by atoms with Gasteiger partial charge in [0.15, 0.2) is 0 Å². The molecule has 21 heavy (non-hydrogen) atoms. The Labute approximate surface area is 131 Å². The van der Waals surface area contributed by atoms with E-state index >= 15 is 0 Å². The van der Waals surface area contributed by atoms with Crippen LogP contribution in [-0.2, 0) is 17.8 Å². The first kappa shape index (κ1) is 14.3. The van der Waals surface area contributed by atoms with E-state index in [1.807, 2.05) is 0 Å². The average molecular weight is 325 g/mol. The lowest BCUT2D eigenvalue weighted by Crippen LogP contribution is -2.34. The van der Waals surface area contributed by atoms with Crippen molar-refractivity contribution in [1.29, 1.82) is 0 Å². The van der Waals surface area contributed by atoms with Crippen LogP contribution in [0.15, 0.2) is 30.5 Å². The Bertz CT molecular complexity index is 721. The van der Waals surface area contributed by atoms with Crippen LogP contribution in [0.3, 0.4) is 0 Å². The molecular formula is C15H11Cl2FN2O. The molecule has 1 aromatic carbocycles. The number of aryl methyl sites for hydroxylation is 1. The largest absolute Gasteiger partial charge is 0.308 e. The van der Waals surface area contributed by atoms with Gasteiger partial charge in [0, 0.05) is 23.9 Å². The molecule has 2 aromatic rings. The second kappa shape index (κ2) is 5.62. The van der Waals surface area contributed by atoms with E-state index in [0.29, 0.717) is 35.1 Å². The first-order chi connectivity index (χ1) is 10.0. The van der Waals surface area contributed by atoms with Crippen LogP contribution in [0.4, 0.5) is 10.1 Å². The average Bonchev–Trinajstić information content (AvgIpc) is 2.44. The maximum absolute atomic E-state index is 13.3. The van der Waals surface area contributed by atoms with E-state index in [1.165, 1.54) is 12.1 Å². The summed E-state index contributed by atoms with van der Waals surface area (Å²) in [5, 5.41) is 0.758. The zero-order valence-electron chi connectivity index (χ0n) is 10.9. The third-order valence-electron chi connectivity index (χ3n) is 3.47. The van der Waals surface area contributed by atoms with Crippen molar-refractivity contribution >= 4 is 34.8 Å². The molecule has 108 valence electrons. The molecule has 3 nitrogen and oxygen atoms in total. The summed E-state index contributed by atoms with van der Waals surface area (Å²) in [5.74, 6) is -0.311. The monoisotopic (exact) mass is 324 g/mol. The maximum atomic E-state index is 13.3. The quantitative estimate of drug-likeness (QED) is 0.782. The number of rotatable bonds is 2. The SMILES string of the molecule is O=C1CCc2cc(F)ccc2N1Cc1cnc(Cl)cc1Cl. The van der Waals surface area contributed by atoms with Crippen LogP contribution in [0.1, 0.15) is 17.5 Å². The molecule has 0 spiro atoms. The number of carbonyl (C=O) groups is 1. The number of hydrogen-bond acceptors (Lipinski definition) is 2. The van der Waals surface area contributed by atoms with Gasteiger partial charge < -0.3 is 4.90 Å². The molecule has 1 amide bonds. The van der Waals surface area contributed by atoms with Gasteiger partial charge >= 0.3 is 0 Å². The standard InChI is InChI=1S/C15H11Cl2FN2O/c16-12-6-14(17)19-7-10(12)8-20-13-3-2-11(18)5-9(13)1-4-15(20)21/h2-3,5-7H,1,4,8H2. The smallest absolute Gasteiger partial charge is 0.227 e. The molecule has 0 unspecified atom stereocenters. The van der Waals surface area contributed by atoms with Gasteiger partial charge in [-0.1, -0.05) is 23.2 Å². The fourth-order valence-electron chi connectivity index (χ4n) is 2.42. The zero-order valence-corrected chi connectivity index (χ0v) is 12.5. The van der Waals surface area contributed by atoms with Gasteiger partial charge in [0.05, 0.1) is 11.6 Å². The Morgan fingerprint density at radius 1 is 1.24 bits per heavy atom. The summed E-state index contributed by atoms with van der Waals surface area (Å²) >= 11 is 11.9. The molecule has 1 aliphatic rings. The molecule has 0 saturated heterocycles. The van der Waals surface area contributed by atoms with Crippen molar-refractivity contribution in [3.8, 4) is 0 Å². The molecule has 0 bridgehead atoms. The van der Waals surface area contributed by atoms with Crippen LogP contribution in [0, 0.1) is 5.82 Å². The molecule has 0 N–H and O–H groups in total. The van der Waals surface area contributed by atoms with Gasteiger partial charge in [-0.3, -0.25) is 4.79 Å². The van der Waals surface area contributed by atoms with Gasteiger partial charge in [0.1, 0.15) is 11.0 Å². The number of carbonyl (C=O) groups excluding carboxylic acids is 1. The van der Waals surface area contributed by atoms with Gasteiger partial charge in [0.2, 0.25) is 5.91 Å². The first-order valence-corrected chi connectivity index (χ1v) is 7.19. The number of hydrogen-bond donors (Lipinski definition) is 0. The highest BCUT2D eigenvalue weighted by atomic mass is 35.5. The number of amides is 1. The van der Waals surface area contributed by atoms with Gasteiger partial charge in [-0.2, -0.15) is 0 Å². The summed E-state index contributed by atoms with van der Waals surface area (Å²) in [6.45, 7) is 0.292. The fourth-order valence-corrected chi connectivity index (χ4v) is 2.85. The minimum absolute atomic E-state index is 0.0138. The van der Waals surface area contributed by atoms with Gasteiger partial charge in [-0.15, -0.1) is 0 Å². The van der Waals surface area contributed by atoms with Crippen LogP contribution in [0.2, 0.25) is 10.2 Å². The van der Waals surface area contributed by atoms with E-state index in [4.69, 9.17) is 23.2 Å². The lowest BCUT2D eigenvalue weighted by molar-refractivity contribution is -0.119. The molecule has 0 aliphatic carbocycles. The van der Waals surface area contributed by atoms with Gasteiger partial charge in [0.25, 0.3) is 0 Å². The topological polar surface area (TPSA) is 33.2 Å². The van der Waals surface area contributed by atoms with E-state index < -0.39 is 0 Å². The highest BCUT2D eigenvalue weighted by molar-refractivity contribution is 6.34. The third kappa shape index (κ3) is 2.87. The molecule has 1 aliphatic heterocycles. The minimum atomic E-state index is -0.297. The number of nitrogens with zero attached hydrogens (tertiary/aromatic N) is 2. The van der Waals surface area contributed by atoms with Crippen molar-refractivity contribution in [2.75, 3.05) is 4.90 Å². The molecule has 6 heteroatoms.